The molecule has 0 spiro atoms. The van der Waals surface area contributed by atoms with Gasteiger partial charge in [-0.3, -0.25) is 0 Å². The number of hydrogen-bond donors (Lipinski definition) is 1. The van der Waals surface area contributed by atoms with Gasteiger partial charge in [0.2, 0.25) is 0 Å². The molecule has 1 aliphatic rings. The van der Waals surface area contributed by atoms with Crippen LogP contribution in [0.4, 0.5) is 4.79 Å². The number of sulfonamides is 1. The first-order valence-corrected chi connectivity index (χ1v) is 15.2. The molecule has 1 aromatic heterocycles. The van der Waals surface area contributed by atoms with Crippen LogP contribution in [0.3, 0.4) is 0 Å². The van der Waals surface area contributed by atoms with E-state index in [1.807, 2.05) is 0 Å². The molecule has 3 aromatic rings. The molecule has 0 saturated carbocycles. The van der Waals surface area contributed by atoms with E-state index in [1.54, 1.807) is 39.0 Å². The molecule has 206 valence electrons. The molecule has 1 unspecified atom stereocenters. The van der Waals surface area contributed by atoms with Crippen LogP contribution >= 0.6 is 11.6 Å². The average molecular weight is 584 g/mol. The molecule has 1 atom stereocenters. The minimum atomic E-state index is -4.38. The summed E-state index contributed by atoms with van der Waals surface area (Å²) in [5.74, 6) is 0. The van der Waals surface area contributed by atoms with Crippen LogP contribution in [0.2, 0.25) is 5.02 Å². The van der Waals surface area contributed by atoms with Gasteiger partial charge in [-0.25, -0.2) is 25.6 Å². The lowest BCUT2D eigenvalue weighted by molar-refractivity contribution is 0.00305. The smallest absolute Gasteiger partial charge is 0.410 e. The van der Waals surface area contributed by atoms with Crippen LogP contribution in [0.15, 0.2) is 64.5 Å². The summed E-state index contributed by atoms with van der Waals surface area (Å²) < 4.78 is 62.9. The second-order valence-corrected chi connectivity index (χ2v) is 14.1. The third-order valence-corrected chi connectivity index (χ3v) is 10.0. The van der Waals surface area contributed by atoms with Crippen molar-refractivity contribution in [3.8, 4) is 0 Å². The zero-order valence-electron chi connectivity index (χ0n) is 21.2. The van der Waals surface area contributed by atoms with E-state index in [4.69, 9.17) is 16.3 Å². The van der Waals surface area contributed by atoms with E-state index in [0.717, 1.165) is 8.28 Å². The fraction of sp³-hybridized carbons (Fsp3) is 0.400. The van der Waals surface area contributed by atoms with Crippen molar-refractivity contribution in [2.75, 3.05) is 26.2 Å². The maximum absolute atomic E-state index is 14.0. The lowest BCUT2D eigenvalue weighted by Gasteiger charge is -2.40. The largest absolute Gasteiger partial charge is 0.444 e. The van der Waals surface area contributed by atoms with E-state index in [1.165, 1.54) is 41.3 Å². The van der Waals surface area contributed by atoms with Gasteiger partial charge in [-0.1, -0.05) is 29.8 Å². The predicted molar refractivity (Wildman–Crippen MR) is 143 cm³/mol. The van der Waals surface area contributed by atoms with Crippen molar-refractivity contribution in [2.24, 2.45) is 0 Å². The van der Waals surface area contributed by atoms with E-state index >= 15 is 0 Å². The summed E-state index contributed by atoms with van der Waals surface area (Å²) in [4.78, 5) is 14.1. The second-order valence-electron chi connectivity index (χ2n) is 9.97. The van der Waals surface area contributed by atoms with Crippen molar-refractivity contribution in [1.29, 1.82) is 0 Å². The summed E-state index contributed by atoms with van der Waals surface area (Å²) in [7, 11) is -8.69. The molecule has 0 bridgehead atoms. The summed E-state index contributed by atoms with van der Waals surface area (Å²) >= 11 is 6.13. The Morgan fingerprint density at radius 2 is 1.71 bits per heavy atom. The first-order chi connectivity index (χ1) is 17.8. The molecular formula is C25H30ClN3O7S2. The molecule has 1 fully saturated rings. The summed E-state index contributed by atoms with van der Waals surface area (Å²) in [6, 6.07) is 12.6. The first-order valence-electron chi connectivity index (χ1n) is 12.0. The molecule has 2 heterocycles. The highest BCUT2D eigenvalue weighted by Crippen LogP contribution is 2.33. The molecule has 1 saturated heterocycles. The Labute approximate surface area is 227 Å². The number of aromatic nitrogens is 1. The van der Waals surface area contributed by atoms with Crippen LogP contribution in [-0.2, 0) is 24.8 Å². The lowest BCUT2D eigenvalue weighted by atomic mass is 10.1. The topological polar surface area (TPSA) is 126 Å². The third kappa shape index (κ3) is 5.55. The van der Waals surface area contributed by atoms with Crippen molar-refractivity contribution in [2.45, 2.75) is 48.8 Å². The standard InChI is InChI=1S/C25H30ClN3O7S2/c1-25(2,3)36-24(31)28-13-12-27(17-20(28)11-14-30)38(34,35)23-16-18-15-19(26)9-10-22(18)29(23)37(32,33)21-7-5-4-6-8-21/h4-10,15-16,20,30H,11-14,17H2,1-3H3. The van der Waals surface area contributed by atoms with Crippen molar-refractivity contribution >= 4 is 48.6 Å². The quantitative estimate of drug-likeness (QED) is 0.470. The number of aliphatic hydroxyl groups is 1. The number of aliphatic hydroxyl groups excluding tert-OH is 1. The van der Waals surface area contributed by atoms with Gasteiger partial charge in [0.25, 0.3) is 20.0 Å². The zero-order valence-corrected chi connectivity index (χ0v) is 23.6. The monoisotopic (exact) mass is 583 g/mol. The highest BCUT2D eigenvalue weighted by molar-refractivity contribution is 7.92. The van der Waals surface area contributed by atoms with Crippen molar-refractivity contribution in [1.82, 2.24) is 13.2 Å². The van der Waals surface area contributed by atoms with Crippen molar-refractivity contribution in [3.05, 3.63) is 59.6 Å². The second kappa shape index (κ2) is 10.5. The van der Waals surface area contributed by atoms with E-state index in [2.05, 4.69) is 0 Å². The predicted octanol–water partition coefficient (Wildman–Crippen LogP) is 3.52. The maximum atomic E-state index is 14.0. The molecule has 0 radical (unpaired) electrons. The van der Waals surface area contributed by atoms with Gasteiger partial charge >= 0.3 is 6.09 Å². The molecule has 10 nitrogen and oxygen atoms in total. The molecule has 1 N–H and O–H groups in total. The Kier molecular flexibility index (Phi) is 7.84. The number of piperazine rings is 1. The highest BCUT2D eigenvalue weighted by atomic mass is 35.5. The van der Waals surface area contributed by atoms with Crippen LogP contribution in [0.1, 0.15) is 27.2 Å². The SMILES string of the molecule is CC(C)(C)OC(=O)N1CCN(S(=O)(=O)c2cc3cc(Cl)ccc3n2S(=O)(=O)c2ccccc2)CC1CCO. The van der Waals surface area contributed by atoms with Gasteiger partial charge in [0.05, 0.1) is 16.5 Å². The number of hydrogen-bond acceptors (Lipinski definition) is 7. The molecule has 38 heavy (non-hydrogen) atoms. The van der Waals surface area contributed by atoms with E-state index in [9.17, 15) is 26.7 Å². The maximum Gasteiger partial charge on any atom is 0.410 e. The summed E-state index contributed by atoms with van der Waals surface area (Å²) in [5.41, 5.74) is -0.589. The normalized spacial score (nSPS) is 17.6. The Morgan fingerprint density at radius 3 is 2.34 bits per heavy atom. The summed E-state index contributed by atoms with van der Waals surface area (Å²) in [6.07, 6.45) is -0.491. The molecule has 0 aliphatic carbocycles. The number of carbonyl (C=O) groups is 1. The van der Waals surface area contributed by atoms with Gasteiger partial charge in [0.15, 0.2) is 5.03 Å². The number of amides is 1. The third-order valence-electron chi connectivity index (χ3n) is 6.11. The number of benzene rings is 2. The van der Waals surface area contributed by atoms with Gasteiger partial charge in [0, 0.05) is 36.7 Å². The van der Waals surface area contributed by atoms with E-state index in [-0.39, 0.29) is 43.1 Å². The number of rotatable bonds is 6. The van der Waals surface area contributed by atoms with Gasteiger partial charge in [-0.15, -0.1) is 0 Å². The fourth-order valence-corrected chi connectivity index (χ4v) is 8.12. The molecular weight excluding hydrogens is 554 g/mol. The van der Waals surface area contributed by atoms with Gasteiger partial charge in [-0.2, -0.15) is 4.31 Å². The van der Waals surface area contributed by atoms with Crippen molar-refractivity contribution < 1.29 is 31.5 Å². The lowest BCUT2D eigenvalue weighted by Crippen LogP contribution is -2.57. The summed E-state index contributed by atoms with van der Waals surface area (Å²) in [6.45, 7) is 4.68. The van der Waals surface area contributed by atoms with Gasteiger partial charge in [-0.05, 0) is 63.6 Å². The Bertz CT molecular complexity index is 1550. The number of carbonyl (C=O) groups excluding carboxylic acids is 1. The zero-order chi connectivity index (χ0) is 27.9. The van der Waals surface area contributed by atoms with Crippen LogP contribution in [0.5, 0.6) is 0 Å². The van der Waals surface area contributed by atoms with E-state index < -0.39 is 42.8 Å². The molecule has 1 amide bonds. The van der Waals surface area contributed by atoms with Crippen LogP contribution in [0, 0.1) is 0 Å². The number of ether oxygens (including phenoxy) is 1. The fourth-order valence-electron chi connectivity index (χ4n) is 4.40. The van der Waals surface area contributed by atoms with Crippen molar-refractivity contribution in [3.63, 3.8) is 0 Å². The Hall–Kier alpha value is -2.64. The minimum absolute atomic E-state index is 0.0102. The number of nitrogens with zero attached hydrogens (tertiary/aromatic N) is 3. The first kappa shape index (κ1) is 28.4. The summed E-state index contributed by atoms with van der Waals surface area (Å²) in [5, 5.41) is 9.84. The van der Waals surface area contributed by atoms with Crippen LogP contribution < -0.4 is 0 Å². The number of fused-ring (bicyclic) bond motifs is 1. The Morgan fingerprint density at radius 1 is 1.03 bits per heavy atom. The average Bonchev–Trinajstić information content (AvgIpc) is 3.24. The van der Waals surface area contributed by atoms with E-state index in [0.29, 0.717) is 10.4 Å². The Balaban J connectivity index is 1.78. The molecule has 2 aromatic carbocycles. The number of halogens is 1. The molecule has 1 aliphatic heterocycles. The molecule has 4 rings (SSSR count). The van der Waals surface area contributed by atoms with Crippen LogP contribution in [0.25, 0.3) is 10.9 Å². The van der Waals surface area contributed by atoms with Gasteiger partial charge in [0.1, 0.15) is 5.60 Å². The van der Waals surface area contributed by atoms with Crippen LogP contribution in [-0.4, -0.2) is 79.1 Å². The molecule has 13 heteroatoms. The minimum Gasteiger partial charge on any atom is -0.444 e. The van der Waals surface area contributed by atoms with Gasteiger partial charge < -0.3 is 14.7 Å². The highest BCUT2D eigenvalue weighted by Gasteiger charge is 2.40.